The number of hydrogen-bond donors (Lipinski definition) is 0. The van der Waals surface area contributed by atoms with Gasteiger partial charge in [-0.05, 0) is 36.0 Å². The second-order valence-corrected chi connectivity index (χ2v) is 4.90. The Kier molecular flexibility index (Phi) is 2.61. The maximum absolute atomic E-state index is 2.42. The smallest absolute Gasteiger partial charge is 0.0332 e. The Morgan fingerprint density at radius 3 is 1.73 bits per heavy atom. The fraction of sp³-hybridized carbons (Fsp3) is 1.00. The molecule has 0 aromatic rings. The molecule has 0 aromatic heterocycles. The Labute approximate surface area is 71.4 Å². The van der Waals surface area contributed by atoms with Gasteiger partial charge in [-0.2, -0.15) is 0 Å². The van der Waals surface area contributed by atoms with E-state index in [-0.39, 0.29) is 0 Å². The van der Waals surface area contributed by atoms with Crippen molar-refractivity contribution in [3.05, 3.63) is 0 Å². The van der Waals surface area contributed by atoms with Crippen LogP contribution in [-0.4, -0.2) is 0 Å². The molecule has 1 aliphatic rings. The minimum Gasteiger partial charge on any atom is -0.0628 e. The third kappa shape index (κ3) is 1.98. The van der Waals surface area contributed by atoms with Crippen molar-refractivity contribution in [1.82, 2.24) is 0 Å². The summed E-state index contributed by atoms with van der Waals surface area (Å²) in [6.45, 7) is 11.9. The van der Waals surface area contributed by atoms with Crippen molar-refractivity contribution in [2.75, 3.05) is 0 Å². The van der Waals surface area contributed by atoms with Crippen molar-refractivity contribution in [3.63, 3.8) is 0 Å². The largest absolute Gasteiger partial charge is 0.0628 e. The van der Waals surface area contributed by atoms with Gasteiger partial charge >= 0.3 is 0 Å². The Balaban J connectivity index is 2.27. The molecule has 0 spiro atoms. The van der Waals surface area contributed by atoms with Gasteiger partial charge in [-0.25, -0.2) is 0 Å². The van der Waals surface area contributed by atoms with Gasteiger partial charge in [0.1, 0.15) is 0 Å². The molecule has 0 N–H and O–H groups in total. The lowest BCUT2D eigenvalue weighted by molar-refractivity contribution is 0.376. The summed E-state index contributed by atoms with van der Waals surface area (Å²) >= 11 is 0. The molecule has 0 amide bonds. The quantitative estimate of drug-likeness (QED) is 0.583. The molecular formula is C11H22. The van der Waals surface area contributed by atoms with Crippen LogP contribution in [0.3, 0.4) is 0 Å². The van der Waals surface area contributed by atoms with E-state index in [0.29, 0.717) is 0 Å². The van der Waals surface area contributed by atoms with Crippen molar-refractivity contribution in [2.24, 2.45) is 29.6 Å². The predicted octanol–water partition coefficient (Wildman–Crippen LogP) is 3.57. The summed E-state index contributed by atoms with van der Waals surface area (Å²) in [4.78, 5) is 0. The number of rotatable bonds is 3. The highest BCUT2D eigenvalue weighted by atomic mass is 14.5. The molecule has 0 heterocycles. The summed E-state index contributed by atoms with van der Waals surface area (Å²) in [6, 6.07) is 0. The molecule has 1 fully saturated rings. The van der Waals surface area contributed by atoms with Crippen LogP contribution < -0.4 is 0 Å². The zero-order chi connectivity index (χ0) is 8.59. The highest BCUT2D eigenvalue weighted by Gasteiger charge is 2.45. The van der Waals surface area contributed by atoms with Crippen molar-refractivity contribution in [3.8, 4) is 0 Å². The summed E-state index contributed by atoms with van der Waals surface area (Å²) in [5.41, 5.74) is 0. The maximum Gasteiger partial charge on any atom is -0.0332 e. The second-order valence-electron chi connectivity index (χ2n) is 4.90. The Hall–Kier alpha value is 0. The lowest BCUT2D eigenvalue weighted by Crippen LogP contribution is -2.03. The molecule has 0 radical (unpaired) electrons. The summed E-state index contributed by atoms with van der Waals surface area (Å²) in [7, 11) is 0. The van der Waals surface area contributed by atoms with Crippen molar-refractivity contribution in [1.29, 1.82) is 0 Å². The third-order valence-electron chi connectivity index (χ3n) is 3.40. The Morgan fingerprint density at radius 2 is 1.45 bits per heavy atom. The average Bonchev–Trinajstić information content (AvgIpc) is 2.39. The molecule has 3 unspecified atom stereocenters. The van der Waals surface area contributed by atoms with Crippen LogP contribution >= 0.6 is 0 Å². The van der Waals surface area contributed by atoms with Gasteiger partial charge in [-0.3, -0.25) is 0 Å². The SMILES string of the molecule is CC(C)CC(C)C1C(C)C1C. The summed E-state index contributed by atoms with van der Waals surface area (Å²) < 4.78 is 0. The van der Waals surface area contributed by atoms with Gasteiger partial charge in [0.05, 0.1) is 0 Å². The van der Waals surface area contributed by atoms with Gasteiger partial charge < -0.3 is 0 Å². The first-order valence-corrected chi connectivity index (χ1v) is 5.04. The summed E-state index contributed by atoms with van der Waals surface area (Å²) in [6.07, 6.45) is 1.42. The molecule has 66 valence electrons. The van der Waals surface area contributed by atoms with E-state index in [9.17, 15) is 0 Å². The average molecular weight is 154 g/mol. The Bertz CT molecular complexity index is 118. The lowest BCUT2D eigenvalue weighted by Gasteiger charge is -2.13. The van der Waals surface area contributed by atoms with E-state index < -0.39 is 0 Å². The first-order valence-electron chi connectivity index (χ1n) is 5.04. The van der Waals surface area contributed by atoms with E-state index in [1.54, 1.807) is 0 Å². The fourth-order valence-corrected chi connectivity index (χ4v) is 2.64. The van der Waals surface area contributed by atoms with Crippen LogP contribution in [0.4, 0.5) is 0 Å². The third-order valence-corrected chi connectivity index (χ3v) is 3.40. The van der Waals surface area contributed by atoms with E-state index in [2.05, 4.69) is 34.6 Å². The van der Waals surface area contributed by atoms with Crippen LogP contribution in [0.2, 0.25) is 0 Å². The van der Waals surface area contributed by atoms with Crippen LogP contribution in [0.15, 0.2) is 0 Å². The molecule has 1 rings (SSSR count). The van der Waals surface area contributed by atoms with Crippen molar-refractivity contribution < 1.29 is 0 Å². The monoisotopic (exact) mass is 154 g/mol. The minimum atomic E-state index is 0.880. The van der Waals surface area contributed by atoms with E-state index in [4.69, 9.17) is 0 Å². The second kappa shape index (κ2) is 3.16. The standard InChI is InChI=1S/C11H22/c1-7(2)6-8(3)11-9(4)10(11)5/h7-11H,6H2,1-5H3. The van der Waals surface area contributed by atoms with Gasteiger partial charge in [0.25, 0.3) is 0 Å². The highest BCUT2D eigenvalue weighted by molar-refractivity contribution is 4.93. The van der Waals surface area contributed by atoms with Crippen molar-refractivity contribution >= 4 is 0 Å². The van der Waals surface area contributed by atoms with E-state index in [0.717, 1.165) is 29.6 Å². The molecule has 0 aromatic carbocycles. The zero-order valence-corrected chi connectivity index (χ0v) is 8.59. The van der Waals surface area contributed by atoms with Gasteiger partial charge in [-0.15, -0.1) is 0 Å². The zero-order valence-electron chi connectivity index (χ0n) is 8.59. The van der Waals surface area contributed by atoms with E-state index in [1.807, 2.05) is 0 Å². The Morgan fingerprint density at radius 1 is 1.00 bits per heavy atom. The van der Waals surface area contributed by atoms with Crippen LogP contribution in [0.5, 0.6) is 0 Å². The normalized spacial score (nSPS) is 39.3. The first-order chi connectivity index (χ1) is 5.04. The molecule has 0 aliphatic heterocycles. The fourth-order valence-electron chi connectivity index (χ4n) is 2.64. The topological polar surface area (TPSA) is 0 Å². The molecule has 0 bridgehead atoms. The van der Waals surface area contributed by atoms with E-state index in [1.165, 1.54) is 6.42 Å². The van der Waals surface area contributed by atoms with Gasteiger partial charge in [0.2, 0.25) is 0 Å². The molecule has 11 heavy (non-hydrogen) atoms. The summed E-state index contributed by atoms with van der Waals surface area (Å²) in [5.74, 6) is 4.88. The molecule has 3 atom stereocenters. The van der Waals surface area contributed by atoms with Gasteiger partial charge in [0.15, 0.2) is 0 Å². The molecular weight excluding hydrogens is 132 g/mol. The predicted molar refractivity (Wildman–Crippen MR) is 50.4 cm³/mol. The maximum atomic E-state index is 2.42. The number of hydrogen-bond acceptors (Lipinski definition) is 0. The molecule has 1 saturated carbocycles. The first kappa shape index (κ1) is 9.09. The molecule has 0 nitrogen and oxygen atoms in total. The lowest BCUT2D eigenvalue weighted by atomic mass is 9.93. The van der Waals surface area contributed by atoms with Crippen LogP contribution in [0.25, 0.3) is 0 Å². The molecule has 0 saturated heterocycles. The van der Waals surface area contributed by atoms with Gasteiger partial charge in [-0.1, -0.05) is 34.6 Å². The molecule has 0 heteroatoms. The van der Waals surface area contributed by atoms with Gasteiger partial charge in [0, 0.05) is 0 Å². The van der Waals surface area contributed by atoms with Crippen LogP contribution in [0.1, 0.15) is 41.0 Å². The van der Waals surface area contributed by atoms with E-state index >= 15 is 0 Å². The van der Waals surface area contributed by atoms with Crippen LogP contribution in [0, 0.1) is 29.6 Å². The summed E-state index contributed by atoms with van der Waals surface area (Å²) in [5, 5.41) is 0. The van der Waals surface area contributed by atoms with Crippen LogP contribution in [-0.2, 0) is 0 Å². The van der Waals surface area contributed by atoms with Crippen molar-refractivity contribution in [2.45, 2.75) is 41.0 Å². The minimum absolute atomic E-state index is 0.880. The highest BCUT2D eigenvalue weighted by Crippen LogP contribution is 2.51. The molecule has 1 aliphatic carbocycles.